The number of amides is 2. The predicted octanol–water partition coefficient (Wildman–Crippen LogP) is 2.73. The number of nitrogens with one attached hydrogen (secondary N) is 2. The number of para-hydroxylation sites is 1. The van der Waals surface area contributed by atoms with Crippen molar-refractivity contribution in [1.29, 1.82) is 0 Å². The Hall–Kier alpha value is -2.65. The highest BCUT2D eigenvalue weighted by molar-refractivity contribution is 8.00. The number of pyridine rings is 1. The highest BCUT2D eigenvalue weighted by Gasteiger charge is 2.12. The smallest absolute Gasteiger partial charge is 0.316 e. The summed E-state index contributed by atoms with van der Waals surface area (Å²) in [6, 6.07) is 8.90. The number of ether oxygens (including phenoxy) is 1. The summed E-state index contributed by atoms with van der Waals surface area (Å²) < 4.78 is 18.2. The van der Waals surface area contributed by atoms with Crippen LogP contribution in [0.3, 0.4) is 0 Å². The zero-order chi connectivity index (χ0) is 19.6. The molecule has 0 atom stereocenters. The minimum atomic E-state index is -0.661. The van der Waals surface area contributed by atoms with Crippen LogP contribution in [-0.4, -0.2) is 40.9 Å². The van der Waals surface area contributed by atoms with E-state index in [1.165, 1.54) is 24.4 Å². The highest BCUT2D eigenvalue weighted by atomic mass is 35.5. The second-order valence-electron chi connectivity index (χ2n) is 5.07. The van der Waals surface area contributed by atoms with Crippen molar-refractivity contribution in [3.63, 3.8) is 0 Å². The van der Waals surface area contributed by atoms with Gasteiger partial charge in [-0.25, -0.2) is 9.37 Å². The van der Waals surface area contributed by atoms with Crippen LogP contribution in [0.25, 0.3) is 0 Å². The zero-order valence-electron chi connectivity index (χ0n) is 13.9. The molecule has 2 amide bonds. The Bertz CT molecular complexity index is 837. The Labute approximate surface area is 163 Å². The van der Waals surface area contributed by atoms with Gasteiger partial charge in [-0.15, -0.1) is 11.8 Å². The number of aromatic nitrogens is 1. The van der Waals surface area contributed by atoms with Crippen molar-refractivity contribution in [2.24, 2.45) is 0 Å². The molecule has 142 valence electrons. The molecular formula is C17H15ClFN3O4S. The average molecular weight is 412 g/mol. The molecule has 2 N–H and O–H groups in total. The SMILES string of the molecule is O=C(CSCC(=O)OCC(=O)Nc1cccnc1Cl)Nc1ccccc1F. The van der Waals surface area contributed by atoms with Crippen LogP contribution in [0.4, 0.5) is 15.8 Å². The first-order valence-electron chi connectivity index (χ1n) is 7.64. The van der Waals surface area contributed by atoms with E-state index in [1.54, 1.807) is 18.2 Å². The summed E-state index contributed by atoms with van der Waals surface area (Å²) in [6.07, 6.45) is 1.47. The fourth-order valence-electron chi connectivity index (χ4n) is 1.83. The van der Waals surface area contributed by atoms with Gasteiger partial charge in [0.1, 0.15) is 5.82 Å². The fraction of sp³-hybridized carbons (Fsp3) is 0.176. The van der Waals surface area contributed by atoms with Crippen LogP contribution in [0.2, 0.25) is 5.15 Å². The third kappa shape index (κ3) is 7.24. The van der Waals surface area contributed by atoms with Crippen molar-refractivity contribution in [3.05, 3.63) is 53.6 Å². The van der Waals surface area contributed by atoms with E-state index in [2.05, 4.69) is 15.6 Å². The number of anilines is 2. The molecule has 0 unspecified atom stereocenters. The van der Waals surface area contributed by atoms with Gasteiger partial charge in [0, 0.05) is 6.20 Å². The van der Waals surface area contributed by atoms with Crippen LogP contribution in [0.1, 0.15) is 0 Å². The lowest BCUT2D eigenvalue weighted by molar-refractivity contribution is -0.144. The van der Waals surface area contributed by atoms with Gasteiger partial charge in [0.2, 0.25) is 5.91 Å². The maximum absolute atomic E-state index is 13.4. The second-order valence-corrected chi connectivity index (χ2v) is 6.42. The third-order valence-corrected chi connectivity index (χ3v) is 4.21. The summed E-state index contributed by atoms with van der Waals surface area (Å²) in [6.45, 7) is -0.494. The van der Waals surface area contributed by atoms with E-state index < -0.39 is 30.2 Å². The quantitative estimate of drug-likeness (QED) is 0.512. The molecule has 1 aromatic carbocycles. The molecule has 0 aliphatic rings. The number of nitrogens with zero attached hydrogens (tertiary/aromatic N) is 1. The van der Waals surface area contributed by atoms with Crippen molar-refractivity contribution in [3.8, 4) is 0 Å². The van der Waals surface area contributed by atoms with Gasteiger partial charge in [0.05, 0.1) is 22.9 Å². The summed E-state index contributed by atoms with van der Waals surface area (Å²) in [5.41, 5.74) is 0.371. The molecular weight excluding hydrogens is 397 g/mol. The molecule has 27 heavy (non-hydrogen) atoms. The standard InChI is InChI=1S/C17H15ClFN3O4S/c18-17-13(6-3-7-20-17)22-14(23)8-26-16(25)10-27-9-15(24)21-12-5-2-1-4-11(12)19/h1-7H,8-10H2,(H,21,24)(H,22,23). The van der Waals surface area contributed by atoms with E-state index in [0.29, 0.717) is 5.69 Å². The summed E-state index contributed by atoms with van der Waals surface area (Å²) in [4.78, 5) is 38.8. The largest absolute Gasteiger partial charge is 0.455 e. The van der Waals surface area contributed by atoms with Gasteiger partial charge in [-0.1, -0.05) is 23.7 Å². The van der Waals surface area contributed by atoms with Crippen molar-refractivity contribution >= 4 is 52.5 Å². The minimum absolute atomic E-state index is 0.0661. The number of esters is 1. The second kappa shape index (κ2) is 10.5. The van der Waals surface area contributed by atoms with Crippen molar-refractivity contribution in [2.45, 2.75) is 0 Å². The lowest BCUT2D eigenvalue weighted by atomic mass is 10.3. The lowest BCUT2D eigenvalue weighted by Crippen LogP contribution is -2.22. The Balaban J connectivity index is 1.64. The molecule has 0 aliphatic heterocycles. The zero-order valence-corrected chi connectivity index (χ0v) is 15.5. The molecule has 0 radical (unpaired) electrons. The molecule has 0 spiro atoms. The molecule has 0 aliphatic carbocycles. The first kappa shape index (κ1) is 20.7. The Morgan fingerprint density at radius 2 is 1.74 bits per heavy atom. The summed E-state index contributed by atoms with van der Waals surface area (Å²) in [5, 5.41) is 4.97. The number of hydrogen-bond acceptors (Lipinski definition) is 6. The van der Waals surface area contributed by atoms with E-state index in [-0.39, 0.29) is 22.3 Å². The summed E-state index contributed by atoms with van der Waals surface area (Å²) >= 11 is 6.78. The Morgan fingerprint density at radius 1 is 1.04 bits per heavy atom. The topological polar surface area (TPSA) is 97.4 Å². The van der Waals surface area contributed by atoms with Crippen molar-refractivity contribution < 1.29 is 23.5 Å². The molecule has 2 rings (SSSR count). The van der Waals surface area contributed by atoms with Gasteiger partial charge in [-0.05, 0) is 24.3 Å². The van der Waals surface area contributed by atoms with Crippen LogP contribution < -0.4 is 10.6 Å². The number of hydrogen-bond donors (Lipinski definition) is 2. The Morgan fingerprint density at radius 3 is 2.48 bits per heavy atom. The summed E-state index contributed by atoms with van der Waals surface area (Å²) in [7, 11) is 0. The maximum Gasteiger partial charge on any atom is 0.316 e. The maximum atomic E-state index is 13.4. The van der Waals surface area contributed by atoms with E-state index in [9.17, 15) is 18.8 Å². The highest BCUT2D eigenvalue weighted by Crippen LogP contribution is 2.17. The van der Waals surface area contributed by atoms with Gasteiger partial charge in [-0.3, -0.25) is 14.4 Å². The van der Waals surface area contributed by atoms with Gasteiger partial charge in [-0.2, -0.15) is 0 Å². The van der Waals surface area contributed by atoms with Crippen LogP contribution in [-0.2, 0) is 19.1 Å². The number of carbonyl (C=O) groups is 3. The molecule has 10 heteroatoms. The molecule has 1 aromatic heterocycles. The number of thioether (sulfide) groups is 1. The van der Waals surface area contributed by atoms with Gasteiger partial charge < -0.3 is 15.4 Å². The molecule has 2 aromatic rings. The van der Waals surface area contributed by atoms with E-state index in [1.807, 2.05) is 0 Å². The van der Waals surface area contributed by atoms with Crippen molar-refractivity contribution in [2.75, 3.05) is 28.7 Å². The molecule has 0 bridgehead atoms. The molecule has 0 saturated heterocycles. The first-order valence-corrected chi connectivity index (χ1v) is 9.17. The van der Waals surface area contributed by atoms with Crippen molar-refractivity contribution in [1.82, 2.24) is 4.98 Å². The van der Waals surface area contributed by atoms with E-state index in [4.69, 9.17) is 16.3 Å². The van der Waals surface area contributed by atoms with Gasteiger partial charge >= 0.3 is 5.97 Å². The number of rotatable bonds is 8. The Kier molecular flexibility index (Phi) is 8.02. The normalized spacial score (nSPS) is 10.1. The van der Waals surface area contributed by atoms with E-state index >= 15 is 0 Å². The number of halogens is 2. The fourth-order valence-corrected chi connectivity index (χ4v) is 2.61. The van der Waals surface area contributed by atoms with Gasteiger partial charge in [0.25, 0.3) is 5.91 Å². The van der Waals surface area contributed by atoms with Crippen LogP contribution in [0.15, 0.2) is 42.6 Å². The first-order chi connectivity index (χ1) is 13.0. The molecule has 7 nitrogen and oxygen atoms in total. The third-order valence-electron chi connectivity index (χ3n) is 3.00. The van der Waals surface area contributed by atoms with Crippen LogP contribution in [0.5, 0.6) is 0 Å². The monoisotopic (exact) mass is 411 g/mol. The van der Waals surface area contributed by atoms with Gasteiger partial charge in [0.15, 0.2) is 11.8 Å². The number of benzene rings is 1. The number of carbonyl (C=O) groups excluding carboxylic acids is 3. The average Bonchev–Trinajstić information content (AvgIpc) is 2.64. The predicted molar refractivity (Wildman–Crippen MR) is 101 cm³/mol. The van der Waals surface area contributed by atoms with Crippen LogP contribution in [0, 0.1) is 5.82 Å². The minimum Gasteiger partial charge on any atom is -0.455 e. The summed E-state index contributed by atoms with van der Waals surface area (Å²) in [5.74, 6) is -2.43. The molecule has 0 saturated carbocycles. The van der Waals surface area contributed by atoms with Crippen LogP contribution >= 0.6 is 23.4 Å². The van der Waals surface area contributed by atoms with E-state index in [0.717, 1.165) is 11.8 Å². The molecule has 1 heterocycles. The molecule has 0 fully saturated rings. The lowest BCUT2D eigenvalue weighted by Gasteiger charge is -2.08.